The summed E-state index contributed by atoms with van der Waals surface area (Å²) in [5.41, 5.74) is 0.274. The molecule has 0 atom stereocenters. The fourth-order valence-corrected chi connectivity index (χ4v) is 2.76. The number of non-ortho nitro benzene ring substituents is 1. The summed E-state index contributed by atoms with van der Waals surface area (Å²) in [6, 6.07) is 10.4. The quantitative estimate of drug-likeness (QED) is 0.274. The first-order valence-corrected chi connectivity index (χ1v) is 9.43. The van der Waals surface area contributed by atoms with Gasteiger partial charge in [-0.05, 0) is 50.6 Å². The molecule has 30 heavy (non-hydrogen) atoms. The van der Waals surface area contributed by atoms with Gasteiger partial charge in [-0.3, -0.25) is 14.9 Å². The Bertz CT molecular complexity index is 1030. The number of amides is 1. The van der Waals surface area contributed by atoms with Crippen molar-refractivity contribution in [3.05, 3.63) is 62.7 Å². The third kappa shape index (κ3) is 5.96. The first-order valence-electron chi connectivity index (χ1n) is 9.05. The van der Waals surface area contributed by atoms with Crippen LogP contribution >= 0.6 is 11.6 Å². The van der Waals surface area contributed by atoms with Gasteiger partial charge in [-0.1, -0.05) is 17.7 Å². The molecular weight excluding hydrogens is 410 g/mol. The van der Waals surface area contributed by atoms with Crippen molar-refractivity contribution in [2.45, 2.75) is 26.9 Å². The fourth-order valence-electron chi connectivity index (χ4n) is 2.50. The third-order valence-electron chi connectivity index (χ3n) is 3.68. The van der Waals surface area contributed by atoms with Crippen LogP contribution in [0.25, 0.3) is 6.08 Å². The Morgan fingerprint density at radius 3 is 2.70 bits per heavy atom. The van der Waals surface area contributed by atoms with Crippen LogP contribution in [-0.2, 0) is 4.79 Å². The lowest BCUT2D eigenvalue weighted by Crippen LogP contribution is -2.13. The smallest absolute Gasteiger partial charge is 0.271 e. The van der Waals surface area contributed by atoms with Gasteiger partial charge in [0, 0.05) is 17.8 Å². The number of rotatable bonds is 8. The van der Waals surface area contributed by atoms with Crippen molar-refractivity contribution >= 4 is 35.0 Å². The molecule has 8 nitrogen and oxygen atoms in total. The highest BCUT2D eigenvalue weighted by Gasteiger charge is 2.16. The number of nitrogens with zero attached hydrogens (tertiary/aromatic N) is 2. The number of carbonyl (C=O) groups is 1. The lowest BCUT2D eigenvalue weighted by Gasteiger charge is -2.16. The topological polar surface area (TPSA) is 114 Å². The second-order valence-electron chi connectivity index (χ2n) is 6.36. The Morgan fingerprint density at radius 2 is 2.10 bits per heavy atom. The maximum atomic E-state index is 12.5. The Kier molecular flexibility index (Phi) is 7.78. The van der Waals surface area contributed by atoms with Crippen molar-refractivity contribution in [1.29, 1.82) is 5.26 Å². The van der Waals surface area contributed by atoms with E-state index < -0.39 is 10.8 Å². The van der Waals surface area contributed by atoms with Crippen LogP contribution in [0.3, 0.4) is 0 Å². The zero-order valence-electron chi connectivity index (χ0n) is 16.6. The van der Waals surface area contributed by atoms with Crippen LogP contribution in [0.4, 0.5) is 11.4 Å². The number of carbonyl (C=O) groups excluding carboxylic acids is 1. The molecule has 0 aliphatic carbocycles. The van der Waals surface area contributed by atoms with Crippen molar-refractivity contribution in [2.24, 2.45) is 0 Å². The van der Waals surface area contributed by atoms with Crippen molar-refractivity contribution in [3.63, 3.8) is 0 Å². The number of nitrogens with one attached hydrogen (secondary N) is 1. The number of nitriles is 1. The van der Waals surface area contributed by atoms with E-state index in [9.17, 15) is 20.2 Å². The van der Waals surface area contributed by atoms with Crippen LogP contribution in [0, 0.1) is 21.4 Å². The summed E-state index contributed by atoms with van der Waals surface area (Å²) >= 11 is 6.32. The van der Waals surface area contributed by atoms with Crippen LogP contribution in [0.1, 0.15) is 26.3 Å². The molecule has 2 aromatic carbocycles. The number of halogens is 1. The van der Waals surface area contributed by atoms with Gasteiger partial charge in [-0.25, -0.2) is 0 Å². The minimum Gasteiger partial charge on any atom is -0.490 e. The van der Waals surface area contributed by atoms with Gasteiger partial charge in [0.1, 0.15) is 11.6 Å². The predicted molar refractivity (Wildman–Crippen MR) is 114 cm³/mol. The van der Waals surface area contributed by atoms with Gasteiger partial charge < -0.3 is 14.8 Å². The van der Waals surface area contributed by atoms with E-state index in [-0.39, 0.29) is 28.1 Å². The van der Waals surface area contributed by atoms with E-state index in [4.69, 9.17) is 21.1 Å². The van der Waals surface area contributed by atoms with Gasteiger partial charge in [-0.2, -0.15) is 5.26 Å². The molecule has 1 N–H and O–H groups in total. The van der Waals surface area contributed by atoms with Gasteiger partial charge in [0.05, 0.1) is 22.7 Å². The molecule has 0 aliphatic rings. The standard InChI is InChI=1S/C21H20ClN3O5/c1-4-29-19-10-14(9-18(22)20(19)30-13(2)3)8-15(12-23)21(26)24-16-6-5-7-17(11-16)25(27)28/h5-11,13H,4H2,1-3H3,(H,24,26)/b15-8+. The zero-order valence-corrected chi connectivity index (χ0v) is 17.4. The maximum absolute atomic E-state index is 12.5. The van der Waals surface area contributed by atoms with Crippen molar-refractivity contribution in [1.82, 2.24) is 0 Å². The van der Waals surface area contributed by atoms with E-state index in [1.807, 2.05) is 26.8 Å². The summed E-state index contributed by atoms with van der Waals surface area (Å²) in [6.45, 7) is 5.89. The number of anilines is 1. The molecule has 2 aromatic rings. The molecule has 0 spiro atoms. The molecule has 0 bridgehead atoms. The second kappa shape index (κ2) is 10.3. The minimum atomic E-state index is -0.713. The van der Waals surface area contributed by atoms with Gasteiger partial charge in [-0.15, -0.1) is 0 Å². The number of hydrogen-bond donors (Lipinski definition) is 1. The van der Waals surface area contributed by atoms with E-state index in [1.165, 1.54) is 30.3 Å². The molecule has 2 rings (SSSR count). The molecule has 0 aliphatic heterocycles. The highest BCUT2D eigenvalue weighted by Crippen LogP contribution is 2.38. The van der Waals surface area contributed by atoms with Crippen LogP contribution in [-0.4, -0.2) is 23.5 Å². The van der Waals surface area contributed by atoms with Crippen LogP contribution in [0.15, 0.2) is 42.0 Å². The van der Waals surface area contributed by atoms with E-state index in [0.717, 1.165) is 0 Å². The average molecular weight is 430 g/mol. The minimum absolute atomic E-state index is 0.126. The zero-order chi connectivity index (χ0) is 22.3. The van der Waals surface area contributed by atoms with Gasteiger partial charge in [0.25, 0.3) is 11.6 Å². The predicted octanol–water partition coefficient (Wildman–Crippen LogP) is 4.98. The molecule has 0 heterocycles. The number of ether oxygens (including phenoxy) is 2. The number of benzene rings is 2. The summed E-state index contributed by atoms with van der Waals surface area (Å²) in [5, 5.41) is 23.0. The molecule has 0 aromatic heterocycles. The third-order valence-corrected chi connectivity index (χ3v) is 3.96. The Balaban J connectivity index is 2.34. The number of nitro groups is 1. The summed E-state index contributed by atoms with van der Waals surface area (Å²) in [7, 11) is 0. The molecule has 1 amide bonds. The lowest BCUT2D eigenvalue weighted by atomic mass is 10.1. The van der Waals surface area contributed by atoms with Crippen LogP contribution in [0.5, 0.6) is 11.5 Å². The summed E-state index contributed by atoms with van der Waals surface area (Å²) < 4.78 is 11.3. The molecule has 0 radical (unpaired) electrons. The van der Waals surface area contributed by atoms with Crippen molar-refractivity contribution in [3.8, 4) is 17.6 Å². The number of nitro benzene ring substituents is 1. The molecule has 0 fully saturated rings. The van der Waals surface area contributed by atoms with Gasteiger partial charge >= 0.3 is 0 Å². The van der Waals surface area contributed by atoms with Crippen molar-refractivity contribution in [2.75, 3.05) is 11.9 Å². The van der Waals surface area contributed by atoms with Gasteiger partial charge in [0.15, 0.2) is 11.5 Å². The Labute approximate surface area is 178 Å². The molecule has 0 saturated carbocycles. The van der Waals surface area contributed by atoms with Crippen LogP contribution in [0.2, 0.25) is 5.02 Å². The monoisotopic (exact) mass is 429 g/mol. The first kappa shape index (κ1) is 22.7. The van der Waals surface area contributed by atoms with Crippen LogP contribution < -0.4 is 14.8 Å². The Hall–Kier alpha value is -3.57. The van der Waals surface area contributed by atoms with Crippen molar-refractivity contribution < 1.29 is 19.2 Å². The average Bonchev–Trinajstić information content (AvgIpc) is 2.68. The van der Waals surface area contributed by atoms with E-state index in [1.54, 1.807) is 12.1 Å². The SMILES string of the molecule is CCOc1cc(/C=C(\C#N)C(=O)Nc2cccc([N+](=O)[O-])c2)cc(Cl)c1OC(C)C. The molecule has 0 saturated heterocycles. The number of hydrogen-bond acceptors (Lipinski definition) is 6. The summed E-state index contributed by atoms with van der Waals surface area (Å²) in [6.07, 6.45) is 1.22. The summed E-state index contributed by atoms with van der Waals surface area (Å²) in [4.78, 5) is 22.8. The fraction of sp³-hybridized carbons (Fsp3) is 0.238. The molecule has 156 valence electrons. The highest BCUT2D eigenvalue weighted by atomic mass is 35.5. The molecule has 0 unspecified atom stereocenters. The van der Waals surface area contributed by atoms with E-state index >= 15 is 0 Å². The van der Waals surface area contributed by atoms with Gasteiger partial charge in [0.2, 0.25) is 0 Å². The summed E-state index contributed by atoms with van der Waals surface area (Å²) in [5.74, 6) is 0.0566. The van der Waals surface area contributed by atoms with E-state index in [2.05, 4.69) is 5.32 Å². The first-order chi connectivity index (χ1) is 14.2. The molecular formula is C21H20ClN3O5. The normalized spacial score (nSPS) is 11.0. The Morgan fingerprint density at radius 1 is 1.37 bits per heavy atom. The highest BCUT2D eigenvalue weighted by molar-refractivity contribution is 6.32. The lowest BCUT2D eigenvalue weighted by molar-refractivity contribution is -0.384. The second-order valence-corrected chi connectivity index (χ2v) is 6.77. The largest absolute Gasteiger partial charge is 0.490 e. The van der Waals surface area contributed by atoms with E-state index in [0.29, 0.717) is 23.7 Å². The maximum Gasteiger partial charge on any atom is 0.271 e. The molecule has 9 heteroatoms.